The summed E-state index contributed by atoms with van der Waals surface area (Å²) in [5, 5.41) is 0. The highest BCUT2D eigenvalue weighted by molar-refractivity contribution is 7.90. The number of sulfone groups is 1. The maximum Gasteiger partial charge on any atom is 0.328 e. The van der Waals surface area contributed by atoms with Gasteiger partial charge in [-0.2, -0.15) is 0 Å². The van der Waals surface area contributed by atoms with E-state index in [-0.39, 0.29) is 11.6 Å². The van der Waals surface area contributed by atoms with Crippen molar-refractivity contribution >= 4 is 21.0 Å². The Hall–Kier alpha value is -3.66. The number of aromatic nitrogens is 4. The summed E-state index contributed by atoms with van der Waals surface area (Å²) >= 11 is 0. The van der Waals surface area contributed by atoms with Crippen LogP contribution in [0.25, 0.3) is 22.3 Å². The highest BCUT2D eigenvalue weighted by Gasteiger charge is 2.27. The third kappa shape index (κ3) is 4.86. The predicted octanol–water partition coefficient (Wildman–Crippen LogP) is 3.75. The quantitative estimate of drug-likeness (QED) is 0.384. The Morgan fingerprint density at radius 3 is 2.53 bits per heavy atom. The molecular weight excluding hydrogens is 480 g/mol. The maximum atomic E-state index is 13.3. The molecule has 36 heavy (non-hydrogen) atoms. The monoisotopic (exact) mass is 510 g/mol. The molecule has 0 spiro atoms. The number of H-pyrrole nitrogens is 1. The molecule has 0 saturated heterocycles. The normalized spacial score (nSPS) is 12.6. The second kappa shape index (κ2) is 9.77. The minimum atomic E-state index is -3.51. The Kier molecular flexibility index (Phi) is 6.90. The second-order valence-electron chi connectivity index (χ2n) is 8.90. The Balaban J connectivity index is 1.94. The summed E-state index contributed by atoms with van der Waals surface area (Å²) in [4.78, 5) is 25.3. The zero-order valence-electron chi connectivity index (χ0n) is 21.2. The van der Waals surface area contributed by atoms with E-state index in [1.807, 2.05) is 33.8 Å². The molecule has 4 aromatic rings. The first-order chi connectivity index (χ1) is 17.0. The van der Waals surface area contributed by atoms with E-state index in [0.29, 0.717) is 29.2 Å². The van der Waals surface area contributed by atoms with Crippen LogP contribution in [0.5, 0.6) is 11.6 Å². The maximum absolute atomic E-state index is 13.3. The number of methoxy groups -OCH3 is 1. The van der Waals surface area contributed by atoms with E-state index in [9.17, 15) is 13.2 Å². The summed E-state index contributed by atoms with van der Waals surface area (Å²) in [7, 11) is -2.01. The SMILES string of the molecule is CCOc1nc([C@@H](CS(C)(=O)=O)n2c(=O)[nH]c3c(C)c(-c4cc(C)ccc4C)cnc32)ccc1OC. The minimum absolute atomic E-state index is 0.227. The zero-order chi connectivity index (χ0) is 26.2. The van der Waals surface area contributed by atoms with Crippen LogP contribution >= 0.6 is 0 Å². The van der Waals surface area contributed by atoms with Gasteiger partial charge in [0.25, 0.3) is 5.88 Å². The van der Waals surface area contributed by atoms with Crippen LogP contribution in [-0.4, -0.2) is 53.7 Å². The molecule has 3 aromatic heterocycles. The molecule has 1 aromatic carbocycles. The van der Waals surface area contributed by atoms with Crippen LogP contribution in [0, 0.1) is 20.8 Å². The van der Waals surface area contributed by atoms with Gasteiger partial charge in [-0.1, -0.05) is 23.8 Å². The summed E-state index contributed by atoms with van der Waals surface area (Å²) in [6, 6.07) is 8.55. The van der Waals surface area contributed by atoms with Crippen LogP contribution < -0.4 is 15.2 Å². The fourth-order valence-electron chi connectivity index (χ4n) is 4.37. The number of pyridine rings is 2. The molecule has 0 aliphatic rings. The molecule has 0 bridgehead atoms. The number of nitrogens with zero attached hydrogens (tertiary/aromatic N) is 3. The molecule has 0 radical (unpaired) electrons. The van der Waals surface area contributed by atoms with Gasteiger partial charge < -0.3 is 14.5 Å². The Morgan fingerprint density at radius 1 is 1.11 bits per heavy atom. The number of fused-ring (bicyclic) bond motifs is 1. The largest absolute Gasteiger partial charge is 0.491 e. The van der Waals surface area contributed by atoms with Gasteiger partial charge in [0.15, 0.2) is 11.4 Å². The van der Waals surface area contributed by atoms with Crippen molar-refractivity contribution in [3.05, 3.63) is 69.4 Å². The van der Waals surface area contributed by atoms with E-state index < -0.39 is 21.6 Å². The number of aryl methyl sites for hydroxylation is 3. The van der Waals surface area contributed by atoms with Gasteiger partial charge in [0, 0.05) is 18.0 Å². The minimum Gasteiger partial charge on any atom is -0.491 e. The molecule has 1 N–H and O–H groups in total. The molecule has 4 rings (SSSR count). The van der Waals surface area contributed by atoms with Crippen molar-refractivity contribution in [2.24, 2.45) is 0 Å². The Labute approximate surface area is 210 Å². The number of hydrogen-bond acceptors (Lipinski definition) is 7. The molecule has 0 saturated carbocycles. The third-order valence-electron chi connectivity index (χ3n) is 6.14. The molecule has 10 heteroatoms. The molecule has 0 fully saturated rings. The number of benzene rings is 1. The van der Waals surface area contributed by atoms with Crippen molar-refractivity contribution in [3.8, 4) is 22.8 Å². The lowest BCUT2D eigenvalue weighted by Crippen LogP contribution is -2.29. The van der Waals surface area contributed by atoms with E-state index >= 15 is 0 Å². The van der Waals surface area contributed by atoms with Crippen molar-refractivity contribution in [1.29, 1.82) is 0 Å². The highest BCUT2D eigenvalue weighted by Crippen LogP contribution is 2.33. The van der Waals surface area contributed by atoms with Gasteiger partial charge in [-0.05, 0) is 56.5 Å². The molecule has 0 unspecified atom stereocenters. The Bertz CT molecular complexity index is 1600. The molecule has 0 aliphatic heterocycles. The fraction of sp³-hybridized carbons (Fsp3) is 0.346. The molecule has 1 atom stereocenters. The van der Waals surface area contributed by atoms with Gasteiger partial charge >= 0.3 is 5.69 Å². The van der Waals surface area contributed by atoms with E-state index in [1.54, 1.807) is 18.3 Å². The lowest BCUT2D eigenvalue weighted by Gasteiger charge is -2.19. The van der Waals surface area contributed by atoms with E-state index in [2.05, 4.69) is 27.1 Å². The first-order valence-electron chi connectivity index (χ1n) is 11.6. The smallest absolute Gasteiger partial charge is 0.328 e. The summed E-state index contributed by atoms with van der Waals surface area (Å²) in [5.74, 6) is 0.298. The van der Waals surface area contributed by atoms with Crippen molar-refractivity contribution in [1.82, 2.24) is 19.5 Å². The lowest BCUT2D eigenvalue weighted by molar-refractivity contribution is 0.296. The van der Waals surface area contributed by atoms with Crippen molar-refractivity contribution in [3.63, 3.8) is 0 Å². The molecule has 9 nitrogen and oxygen atoms in total. The number of hydrogen-bond donors (Lipinski definition) is 1. The lowest BCUT2D eigenvalue weighted by atomic mass is 9.96. The predicted molar refractivity (Wildman–Crippen MR) is 140 cm³/mol. The van der Waals surface area contributed by atoms with E-state index in [0.717, 1.165) is 34.1 Å². The van der Waals surface area contributed by atoms with Crippen LogP contribution in [0.2, 0.25) is 0 Å². The van der Waals surface area contributed by atoms with Crippen molar-refractivity contribution < 1.29 is 17.9 Å². The number of nitrogens with one attached hydrogen (secondary N) is 1. The molecule has 190 valence electrons. The van der Waals surface area contributed by atoms with E-state index in [4.69, 9.17) is 9.47 Å². The topological polar surface area (TPSA) is 116 Å². The molecule has 3 heterocycles. The van der Waals surface area contributed by atoms with Gasteiger partial charge in [0.2, 0.25) is 0 Å². The van der Waals surface area contributed by atoms with Crippen LogP contribution in [0.15, 0.2) is 41.3 Å². The number of ether oxygens (including phenoxy) is 2. The fourth-order valence-corrected chi connectivity index (χ4v) is 5.27. The average Bonchev–Trinajstić information content (AvgIpc) is 3.16. The summed E-state index contributed by atoms with van der Waals surface area (Å²) in [6.45, 7) is 8.13. The van der Waals surface area contributed by atoms with Crippen LogP contribution in [0.3, 0.4) is 0 Å². The molecule has 0 aliphatic carbocycles. The summed E-state index contributed by atoms with van der Waals surface area (Å²) in [6.07, 6.45) is 2.86. The number of aromatic amines is 1. The standard InChI is InChI=1S/C26H30N4O5S/c1-7-35-25-22(34-5)11-10-20(28-25)21(14-36(6,32)33)30-24-23(29-26(30)31)17(4)19(13-27-24)18-12-15(2)8-9-16(18)3/h8-13,21H,7,14H2,1-6H3,(H,29,31)/t21-/m1/s1. The van der Waals surface area contributed by atoms with Gasteiger partial charge in [-0.25, -0.2) is 23.2 Å². The second-order valence-corrected chi connectivity index (χ2v) is 11.1. The highest BCUT2D eigenvalue weighted by atomic mass is 32.2. The zero-order valence-corrected chi connectivity index (χ0v) is 22.1. The van der Waals surface area contributed by atoms with Crippen LogP contribution in [0.1, 0.15) is 35.3 Å². The van der Waals surface area contributed by atoms with Gasteiger partial charge in [0.05, 0.1) is 36.7 Å². The number of imidazole rings is 1. The third-order valence-corrected chi connectivity index (χ3v) is 7.06. The van der Waals surface area contributed by atoms with Gasteiger partial charge in [-0.3, -0.25) is 4.57 Å². The first kappa shape index (κ1) is 25.4. The summed E-state index contributed by atoms with van der Waals surface area (Å²) < 4.78 is 37.1. The van der Waals surface area contributed by atoms with Crippen molar-refractivity contribution in [2.75, 3.05) is 25.7 Å². The average molecular weight is 511 g/mol. The van der Waals surface area contributed by atoms with Crippen LogP contribution in [0.4, 0.5) is 0 Å². The summed E-state index contributed by atoms with van der Waals surface area (Å²) in [5.41, 5.74) is 5.78. The van der Waals surface area contributed by atoms with E-state index in [1.165, 1.54) is 11.7 Å². The van der Waals surface area contributed by atoms with Crippen molar-refractivity contribution in [2.45, 2.75) is 33.7 Å². The molecular formula is C26H30N4O5S. The number of rotatable bonds is 8. The van der Waals surface area contributed by atoms with Crippen LogP contribution in [-0.2, 0) is 9.84 Å². The van der Waals surface area contributed by atoms with Gasteiger partial charge in [0.1, 0.15) is 9.84 Å². The Morgan fingerprint density at radius 2 is 1.86 bits per heavy atom. The molecule has 0 amide bonds. The van der Waals surface area contributed by atoms with Gasteiger partial charge in [-0.15, -0.1) is 0 Å². The first-order valence-corrected chi connectivity index (χ1v) is 13.6.